The van der Waals surface area contributed by atoms with Gasteiger partial charge in [0.15, 0.2) is 0 Å². The molecule has 1 rings (SSSR count). The highest BCUT2D eigenvalue weighted by Gasteiger charge is 2.37. The van der Waals surface area contributed by atoms with Crippen LogP contribution in [0.15, 0.2) is 10.4 Å². The van der Waals surface area contributed by atoms with Gasteiger partial charge in [-0.1, -0.05) is 0 Å². The van der Waals surface area contributed by atoms with Crippen molar-refractivity contribution < 1.29 is 28.3 Å². The topological polar surface area (TPSA) is 100 Å². The third-order valence-corrected chi connectivity index (χ3v) is 10.3. The van der Waals surface area contributed by atoms with Gasteiger partial charge < -0.3 is 28.9 Å². The van der Waals surface area contributed by atoms with E-state index in [0.717, 1.165) is 22.8 Å². The molecule has 164 valence electrons. The lowest BCUT2D eigenvalue weighted by Crippen LogP contribution is -2.42. The van der Waals surface area contributed by atoms with E-state index < -0.39 is 14.9 Å². The van der Waals surface area contributed by atoms with E-state index >= 15 is 0 Å². The Kier molecular flexibility index (Phi) is 14.2. The number of rotatable bonds is 17. The van der Waals surface area contributed by atoms with E-state index in [9.17, 15) is 9.90 Å². The summed E-state index contributed by atoms with van der Waals surface area (Å²) in [6.07, 6.45) is 4.18. The molecular formula is C16H32N2O6S3Si. The number of aliphatic hydroxyl groups is 2. The van der Waals surface area contributed by atoms with Crippen LogP contribution in [-0.4, -0.2) is 74.2 Å². The summed E-state index contributed by atoms with van der Waals surface area (Å²) in [7, 11) is 2.03. The predicted octanol–water partition coefficient (Wildman–Crippen LogP) is 2.39. The number of thioether (sulfide) groups is 1. The standard InChI is InChI=1S/C16H32N2O6S3Si/c1-22-28(23-2,24-3)10-6-7-14(20)11-15(21)13-26-18-17-12-16(27-18)25-9-5-4-8-19/h12,15,17,19,21H,4-11,13H2,1-3H3. The minimum atomic E-state index is -2.64. The van der Waals surface area contributed by atoms with Gasteiger partial charge in [0, 0.05) is 58.8 Å². The quantitative estimate of drug-likeness (QED) is 0.165. The molecule has 28 heavy (non-hydrogen) atoms. The molecule has 12 heteroatoms. The number of nitrogens with zero attached hydrogens (tertiary/aromatic N) is 1. The molecule has 0 aromatic heterocycles. The van der Waals surface area contributed by atoms with Crippen molar-refractivity contribution >= 4 is 50.2 Å². The van der Waals surface area contributed by atoms with Crippen molar-refractivity contribution in [1.82, 2.24) is 9.25 Å². The molecule has 0 saturated carbocycles. The Morgan fingerprint density at radius 1 is 1.29 bits per heavy atom. The van der Waals surface area contributed by atoms with Crippen LogP contribution in [0.3, 0.4) is 0 Å². The first-order valence-electron chi connectivity index (χ1n) is 9.14. The molecule has 1 heterocycles. The van der Waals surface area contributed by atoms with Crippen LogP contribution in [0.4, 0.5) is 0 Å². The minimum absolute atomic E-state index is 0.0274. The number of hydrogen-bond donors (Lipinski definition) is 3. The first-order chi connectivity index (χ1) is 13.5. The summed E-state index contributed by atoms with van der Waals surface area (Å²) in [6, 6.07) is 0.575. The number of ketones is 1. The average molecular weight is 473 g/mol. The lowest BCUT2D eigenvalue weighted by atomic mass is 10.1. The number of carbonyl (C=O) groups excluding carboxylic acids is 1. The van der Waals surface area contributed by atoms with Gasteiger partial charge in [-0.05, 0) is 48.9 Å². The SMILES string of the molecule is CO[Si](CCCC(=O)CC(O)CSN1NC=C(SCCCCO)S1)(OC)OC. The van der Waals surface area contributed by atoms with Gasteiger partial charge in [-0.3, -0.25) is 4.79 Å². The van der Waals surface area contributed by atoms with Crippen molar-refractivity contribution in [3.8, 4) is 0 Å². The first kappa shape index (κ1) is 26.3. The third kappa shape index (κ3) is 10.3. The van der Waals surface area contributed by atoms with Gasteiger partial charge in [0.05, 0.1) is 10.3 Å². The highest BCUT2D eigenvalue weighted by Crippen LogP contribution is 2.38. The molecule has 0 saturated heterocycles. The summed E-state index contributed by atoms with van der Waals surface area (Å²) < 4.78 is 19.0. The molecular weight excluding hydrogens is 440 g/mol. The van der Waals surface area contributed by atoms with Crippen molar-refractivity contribution in [1.29, 1.82) is 0 Å². The zero-order chi connectivity index (χ0) is 20.8. The van der Waals surface area contributed by atoms with Crippen molar-refractivity contribution in [3.63, 3.8) is 0 Å². The summed E-state index contributed by atoms with van der Waals surface area (Å²) in [5.74, 6) is 1.44. The van der Waals surface area contributed by atoms with Crippen LogP contribution < -0.4 is 5.43 Å². The second-order valence-electron chi connectivity index (χ2n) is 6.06. The molecule has 1 unspecified atom stereocenters. The van der Waals surface area contributed by atoms with Gasteiger partial charge >= 0.3 is 8.80 Å². The maximum Gasteiger partial charge on any atom is 0.500 e. The number of hydrazine groups is 1. The maximum atomic E-state index is 12.1. The monoisotopic (exact) mass is 472 g/mol. The molecule has 1 atom stereocenters. The van der Waals surface area contributed by atoms with E-state index in [1.54, 1.807) is 45.0 Å². The fourth-order valence-corrected chi connectivity index (χ4v) is 7.19. The molecule has 0 aliphatic carbocycles. The number of aliphatic hydroxyl groups excluding tert-OH is 2. The molecule has 0 bridgehead atoms. The largest absolute Gasteiger partial charge is 0.500 e. The zero-order valence-corrected chi connectivity index (χ0v) is 20.2. The number of carbonyl (C=O) groups is 1. The van der Waals surface area contributed by atoms with E-state index in [1.165, 1.54) is 11.9 Å². The summed E-state index contributed by atoms with van der Waals surface area (Å²) in [5, 5.41) is 18.9. The Hall–Kier alpha value is 0.237. The maximum absolute atomic E-state index is 12.1. The molecule has 0 fully saturated rings. The minimum Gasteiger partial charge on any atom is -0.396 e. The highest BCUT2D eigenvalue weighted by molar-refractivity contribution is 8.25. The number of hydrogen-bond acceptors (Lipinski definition) is 11. The van der Waals surface area contributed by atoms with Crippen LogP contribution in [0, 0.1) is 0 Å². The normalized spacial score (nSPS) is 16.1. The predicted molar refractivity (Wildman–Crippen MR) is 118 cm³/mol. The highest BCUT2D eigenvalue weighted by atomic mass is 32.2. The number of Topliss-reactive ketones (excluding diaryl/α,β-unsaturated/α-hetero) is 1. The molecule has 1 aliphatic rings. The van der Waals surface area contributed by atoms with Crippen molar-refractivity contribution in [3.05, 3.63) is 10.4 Å². The van der Waals surface area contributed by atoms with Gasteiger partial charge in [-0.15, -0.1) is 15.6 Å². The Balaban J connectivity index is 2.15. The molecule has 0 radical (unpaired) electrons. The molecule has 0 aromatic carbocycles. The van der Waals surface area contributed by atoms with Gasteiger partial charge in [-0.25, -0.2) is 0 Å². The summed E-state index contributed by atoms with van der Waals surface area (Å²) >= 11 is 4.75. The van der Waals surface area contributed by atoms with Crippen molar-refractivity contribution in [2.24, 2.45) is 0 Å². The third-order valence-electron chi connectivity index (χ3n) is 3.98. The second-order valence-corrected chi connectivity index (χ2v) is 12.7. The number of unbranched alkanes of at least 4 members (excludes halogenated alkanes) is 1. The van der Waals surface area contributed by atoms with E-state index in [0.29, 0.717) is 24.6 Å². The lowest BCUT2D eigenvalue weighted by Gasteiger charge is -2.24. The van der Waals surface area contributed by atoms with E-state index in [2.05, 4.69) is 5.43 Å². The van der Waals surface area contributed by atoms with Crippen molar-refractivity contribution in [2.75, 3.05) is 39.4 Å². The van der Waals surface area contributed by atoms with Crippen LogP contribution in [0.2, 0.25) is 6.04 Å². The van der Waals surface area contributed by atoms with Crippen LogP contribution in [-0.2, 0) is 18.1 Å². The smallest absolute Gasteiger partial charge is 0.396 e. The van der Waals surface area contributed by atoms with E-state index in [1.807, 2.05) is 10.0 Å². The van der Waals surface area contributed by atoms with Crippen LogP contribution >= 0.6 is 35.7 Å². The Labute approximate surface area is 181 Å². The van der Waals surface area contributed by atoms with Gasteiger partial charge in [-0.2, -0.15) is 0 Å². The Morgan fingerprint density at radius 3 is 2.64 bits per heavy atom. The van der Waals surface area contributed by atoms with E-state index in [4.69, 9.17) is 18.4 Å². The lowest BCUT2D eigenvalue weighted by molar-refractivity contribution is -0.120. The van der Waals surface area contributed by atoms with Crippen LogP contribution in [0.25, 0.3) is 0 Å². The molecule has 0 spiro atoms. The summed E-state index contributed by atoms with van der Waals surface area (Å²) in [4.78, 5) is 12.1. The van der Waals surface area contributed by atoms with Gasteiger partial charge in [0.1, 0.15) is 5.78 Å². The second kappa shape index (κ2) is 15.1. The fourth-order valence-electron chi connectivity index (χ4n) is 2.39. The molecule has 8 nitrogen and oxygen atoms in total. The first-order valence-corrected chi connectivity index (χ1v) is 13.8. The Morgan fingerprint density at radius 2 is 2.00 bits per heavy atom. The average Bonchev–Trinajstić information content (AvgIpc) is 3.15. The summed E-state index contributed by atoms with van der Waals surface area (Å²) in [5.41, 5.74) is 3.12. The summed E-state index contributed by atoms with van der Waals surface area (Å²) in [6.45, 7) is 0.234. The van der Waals surface area contributed by atoms with Crippen molar-refractivity contribution in [2.45, 2.75) is 44.3 Å². The molecule has 1 aliphatic heterocycles. The molecule has 0 amide bonds. The fraction of sp³-hybridized carbons (Fsp3) is 0.812. The van der Waals surface area contributed by atoms with Crippen LogP contribution in [0.1, 0.15) is 32.1 Å². The van der Waals surface area contributed by atoms with E-state index in [-0.39, 0.29) is 18.8 Å². The van der Waals surface area contributed by atoms with Gasteiger partial charge in [0.2, 0.25) is 0 Å². The van der Waals surface area contributed by atoms with Gasteiger partial charge in [0.25, 0.3) is 0 Å². The molecule has 3 N–H and O–H groups in total. The molecule has 0 aromatic rings. The van der Waals surface area contributed by atoms with Crippen LogP contribution in [0.5, 0.6) is 0 Å². The number of nitrogens with one attached hydrogen (secondary N) is 1. The Bertz CT molecular complexity index is 477. The zero-order valence-electron chi connectivity index (χ0n) is 16.7.